The fraction of sp³-hybridized carbons (Fsp3) is 0.440. The van der Waals surface area contributed by atoms with Crippen LogP contribution in [0.4, 0.5) is 0 Å². The molecule has 13 heteroatoms. The lowest BCUT2D eigenvalue weighted by Crippen LogP contribution is -2.41. The van der Waals surface area contributed by atoms with Gasteiger partial charge < -0.3 is 20.0 Å². The van der Waals surface area contributed by atoms with E-state index in [0.29, 0.717) is 94.6 Å². The van der Waals surface area contributed by atoms with Crippen molar-refractivity contribution in [3.05, 3.63) is 103 Å². The van der Waals surface area contributed by atoms with Crippen LogP contribution in [0.3, 0.4) is 0 Å². The topological polar surface area (TPSA) is 115 Å². The van der Waals surface area contributed by atoms with Gasteiger partial charge in [0, 0.05) is 47.8 Å². The molecule has 0 spiro atoms. The summed E-state index contributed by atoms with van der Waals surface area (Å²) in [4.78, 5) is 56.0. The summed E-state index contributed by atoms with van der Waals surface area (Å²) in [5.41, 5.74) is 7.74. The molecule has 2 aliphatic heterocycles. The molecule has 4 fully saturated rings. The third-order valence-electron chi connectivity index (χ3n) is 13.7. The zero-order valence-electron chi connectivity index (χ0n) is 35.8. The van der Waals surface area contributed by atoms with Crippen molar-refractivity contribution < 1.29 is 29.4 Å². The molecule has 4 aromatic rings. The van der Waals surface area contributed by atoms with Crippen LogP contribution in [0.25, 0.3) is 22.3 Å². The van der Waals surface area contributed by atoms with E-state index in [0.717, 1.165) is 44.5 Å². The Kier molecular flexibility index (Phi) is 13.6. The second-order valence-corrected chi connectivity index (χ2v) is 20.9. The smallest absolute Gasteiger partial charge is 0.306 e. The number of benzene rings is 4. The largest absolute Gasteiger partial charge is 0.481 e. The average Bonchev–Trinajstić information content (AvgIpc) is 4.22. The number of carboxylic acids is 2. The quantitative estimate of drug-likeness (QED) is 0.145. The first kappa shape index (κ1) is 45.8. The number of hydrogen-bond donors (Lipinski definition) is 2. The van der Waals surface area contributed by atoms with Crippen LogP contribution in [-0.2, 0) is 19.2 Å². The number of hydrogen-bond acceptors (Lipinski definition) is 5. The standard InChI is InChI=1S/C50H52Cl4N2O6S/c1-25(2)29-9-5-7-11-31(29)35-23-39(43(51)45(53)41(35)33-21-37(33)47(57)55-17-13-27(14-18-55)49(59)60)63-40-24-36(32-12-8-6-10-30(32)26(3)4)42(46(54)44(40)52)34-22-38(34)48(58)56-19-15-28(16-20-56)50(61)62/h5-12,23-28,33-34,37-38H,13-22H2,1-4H3,(H,59,60)(H,61,62)/t33-,34-,37-,38-/m1/s1. The van der Waals surface area contributed by atoms with Gasteiger partial charge in [-0.05, 0) is 119 Å². The maximum atomic E-state index is 13.9. The molecule has 2 aliphatic carbocycles. The lowest BCUT2D eigenvalue weighted by Gasteiger charge is -2.30. The Morgan fingerprint density at radius 3 is 1.24 bits per heavy atom. The molecule has 2 heterocycles. The first-order valence-electron chi connectivity index (χ1n) is 22.0. The maximum absolute atomic E-state index is 13.9. The van der Waals surface area contributed by atoms with Crippen molar-refractivity contribution in [2.75, 3.05) is 26.2 Å². The van der Waals surface area contributed by atoms with Crippen LogP contribution in [0, 0.1) is 23.7 Å². The molecule has 4 aromatic carbocycles. The number of halogens is 4. The van der Waals surface area contributed by atoms with Gasteiger partial charge in [0.15, 0.2) is 0 Å². The molecule has 8 nitrogen and oxygen atoms in total. The number of amides is 2. The molecular formula is C50H52Cl4N2O6S. The first-order valence-corrected chi connectivity index (χ1v) is 24.3. The van der Waals surface area contributed by atoms with Gasteiger partial charge in [0.05, 0.1) is 31.9 Å². The summed E-state index contributed by atoms with van der Waals surface area (Å²) in [6.45, 7) is 10.3. The summed E-state index contributed by atoms with van der Waals surface area (Å²) < 4.78 is 0. The SMILES string of the molecule is CC(C)c1ccccc1-c1cc(Sc2cc(-c3ccccc3C(C)C)c([C@@H]3C[C@H]3C(=O)N3CCC(C(=O)O)CC3)c(Cl)c2Cl)c(Cl)c(Cl)c1[C@@H]1C[C@H]1C(=O)N1CCC(C(=O)O)CC1. The third kappa shape index (κ3) is 9.12. The lowest BCUT2D eigenvalue weighted by atomic mass is 9.88. The lowest BCUT2D eigenvalue weighted by molar-refractivity contribution is -0.146. The highest BCUT2D eigenvalue weighted by atomic mass is 35.5. The van der Waals surface area contributed by atoms with Crippen LogP contribution in [0.15, 0.2) is 70.5 Å². The van der Waals surface area contributed by atoms with E-state index in [1.807, 2.05) is 24.3 Å². The van der Waals surface area contributed by atoms with Crippen LogP contribution in [-0.4, -0.2) is 69.9 Å². The Morgan fingerprint density at radius 1 is 0.556 bits per heavy atom. The van der Waals surface area contributed by atoms with Crippen molar-refractivity contribution >= 4 is 81.9 Å². The Labute approximate surface area is 393 Å². The van der Waals surface area contributed by atoms with E-state index >= 15 is 0 Å². The predicted octanol–water partition coefficient (Wildman–Crippen LogP) is 12.9. The van der Waals surface area contributed by atoms with Crippen molar-refractivity contribution in [1.29, 1.82) is 0 Å². The van der Waals surface area contributed by atoms with Gasteiger partial charge in [-0.15, -0.1) is 0 Å². The molecule has 0 bridgehead atoms. The highest BCUT2D eigenvalue weighted by Crippen LogP contribution is 2.60. The molecular weight excluding hydrogens is 898 g/mol. The van der Waals surface area contributed by atoms with Crippen molar-refractivity contribution in [3.8, 4) is 22.3 Å². The molecule has 332 valence electrons. The van der Waals surface area contributed by atoms with Gasteiger partial charge in [-0.3, -0.25) is 19.2 Å². The molecule has 2 amide bonds. The Bertz CT molecular complexity index is 2310. The van der Waals surface area contributed by atoms with Crippen LogP contribution in [0.2, 0.25) is 20.1 Å². The van der Waals surface area contributed by atoms with Crippen LogP contribution >= 0.6 is 58.2 Å². The van der Waals surface area contributed by atoms with Gasteiger partial charge in [0.2, 0.25) is 11.8 Å². The Balaban J connectivity index is 1.17. The number of carbonyl (C=O) groups is 4. The van der Waals surface area contributed by atoms with Crippen LogP contribution in [0.1, 0.15) is 112 Å². The molecule has 63 heavy (non-hydrogen) atoms. The highest BCUT2D eigenvalue weighted by Gasteiger charge is 2.50. The number of carbonyl (C=O) groups excluding carboxylic acids is 2. The third-order valence-corrected chi connectivity index (χ3v) is 16.7. The fourth-order valence-electron chi connectivity index (χ4n) is 9.90. The van der Waals surface area contributed by atoms with E-state index in [9.17, 15) is 29.4 Å². The number of aliphatic carboxylic acids is 2. The van der Waals surface area contributed by atoms with Crippen molar-refractivity contribution in [3.63, 3.8) is 0 Å². The maximum Gasteiger partial charge on any atom is 0.306 e. The zero-order valence-corrected chi connectivity index (χ0v) is 39.6. The zero-order chi connectivity index (χ0) is 45.0. The minimum absolute atomic E-state index is 0.0238. The van der Waals surface area contributed by atoms with E-state index in [1.54, 1.807) is 9.80 Å². The minimum Gasteiger partial charge on any atom is -0.481 e. The van der Waals surface area contributed by atoms with E-state index in [1.165, 1.54) is 11.8 Å². The van der Waals surface area contributed by atoms with E-state index < -0.39 is 23.8 Å². The Hall–Kier alpha value is -3.73. The number of carboxylic acid groups (broad SMARTS) is 2. The number of likely N-dealkylation sites (tertiary alicyclic amines) is 2. The highest BCUT2D eigenvalue weighted by molar-refractivity contribution is 7.99. The van der Waals surface area contributed by atoms with Crippen molar-refractivity contribution in [2.45, 2.75) is 99.7 Å². The summed E-state index contributed by atoms with van der Waals surface area (Å²) in [5, 5.41) is 20.5. The van der Waals surface area contributed by atoms with Crippen molar-refractivity contribution in [2.24, 2.45) is 23.7 Å². The van der Waals surface area contributed by atoms with Gasteiger partial charge in [-0.25, -0.2) is 0 Å². The normalized spacial score (nSPS) is 21.6. The van der Waals surface area contributed by atoms with E-state index in [4.69, 9.17) is 46.4 Å². The molecule has 4 atom stereocenters. The summed E-state index contributed by atoms with van der Waals surface area (Å²) in [6, 6.07) is 20.6. The summed E-state index contributed by atoms with van der Waals surface area (Å²) in [5.74, 6) is -2.98. The molecule has 0 aromatic heterocycles. The molecule has 2 saturated heterocycles. The second kappa shape index (κ2) is 18.6. The fourth-order valence-corrected chi connectivity index (χ4v) is 12.2. The number of nitrogens with zero attached hydrogens (tertiary/aromatic N) is 2. The number of piperidine rings is 2. The molecule has 0 radical (unpaired) electrons. The second-order valence-electron chi connectivity index (χ2n) is 18.3. The number of rotatable bonds is 12. The predicted molar refractivity (Wildman–Crippen MR) is 252 cm³/mol. The van der Waals surface area contributed by atoms with E-state index in [-0.39, 0.29) is 47.3 Å². The van der Waals surface area contributed by atoms with Crippen LogP contribution in [0.5, 0.6) is 0 Å². The summed E-state index contributed by atoms with van der Waals surface area (Å²) in [7, 11) is 0. The van der Waals surface area contributed by atoms with Crippen LogP contribution < -0.4 is 0 Å². The monoisotopic (exact) mass is 948 g/mol. The van der Waals surface area contributed by atoms with Gasteiger partial charge >= 0.3 is 11.9 Å². The first-order chi connectivity index (χ1) is 30.1. The van der Waals surface area contributed by atoms with Gasteiger partial charge in [-0.1, -0.05) is 134 Å². The minimum atomic E-state index is -0.813. The average molecular weight is 951 g/mol. The molecule has 8 rings (SSSR count). The van der Waals surface area contributed by atoms with Crippen molar-refractivity contribution in [1.82, 2.24) is 9.80 Å². The van der Waals surface area contributed by atoms with E-state index in [2.05, 4.69) is 64.1 Å². The van der Waals surface area contributed by atoms with Gasteiger partial charge in [0.1, 0.15) is 0 Å². The van der Waals surface area contributed by atoms with Gasteiger partial charge in [0.25, 0.3) is 0 Å². The molecule has 4 aliphatic rings. The molecule has 2 saturated carbocycles. The molecule has 0 unspecified atom stereocenters. The summed E-state index contributed by atoms with van der Waals surface area (Å²) >= 11 is 30.8. The van der Waals surface area contributed by atoms with Gasteiger partial charge in [-0.2, -0.15) is 0 Å². The summed E-state index contributed by atoms with van der Waals surface area (Å²) in [6.07, 6.45) is 2.99. The Morgan fingerprint density at radius 2 is 0.905 bits per heavy atom. The molecule has 2 N–H and O–H groups in total.